The third-order valence-electron chi connectivity index (χ3n) is 3.36. The van der Waals surface area contributed by atoms with Crippen molar-refractivity contribution in [3.05, 3.63) is 65.0 Å². The number of nitrogens with two attached hydrogens (primary N) is 1. The highest BCUT2D eigenvalue weighted by Crippen LogP contribution is 2.15. The molecule has 0 atom stereocenters. The molecule has 2 aromatic rings. The van der Waals surface area contributed by atoms with Crippen LogP contribution in [0, 0.1) is 5.82 Å². The van der Waals surface area contributed by atoms with Gasteiger partial charge in [-0.25, -0.2) is 4.39 Å². The minimum absolute atomic E-state index is 0.0241. The van der Waals surface area contributed by atoms with Gasteiger partial charge in [-0.3, -0.25) is 4.79 Å². The van der Waals surface area contributed by atoms with Gasteiger partial charge in [-0.15, -0.1) is 0 Å². The normalized spacial score (nSPS) is 10.7. The number of rotatable bonds is 4. The second-order valence-corrected chi connectivity index (χ2v) is 5.32. The SMILES string of the molecule is CC(C)c1ccc(CNC(=O)c2ccc(F)c(N)c2)cc1. The van der Waals surface area contributed by atoms with Crippen molar-refractivity contribution in [1.82, 2.24) is 5.32 Å². The largest absolute Gasteiger partial charge is 0.396 e. The molecular formula is C17H19FN2O. The predicted octanol–water partition coefficient (Wildman–Crippen LogP) is 3.46. The van der Waals surface area contributed by atoms with Gasteiger partial charge in [0.15, 0.2) is 0 Å². The maximum Gasteiger partial charge on any atom is 0.251 e. The first-order chi connectivity index (χ1) is 9.97. The second-order valence-electron chi connectivity index (χ2n) is 5.32. The topological polar surface area (TPSA) is 55.1 Å². The van der Waals surface area contributed by atoms with Crippen LogP contribution < -0.4 is 11.1 Å². The van der Waals surface area contributed by atoms with Crippen LogP contribution in [0.2, 0.25) is 0 Å². The molecule has 0 aliphatic heterocycles. The quantitative estimate of drug-likeness (QED) is 0.846. The minimum Gasteiger partial charge on any atom is -0.396 e. The van der Waals surface area contributed by atoms with Crippen LogP contribution in [0.25, 0.3) is 0 Å². The van der Waals surface area contributed by atoms with Crippen molar-refractivity contribution in [2.45, 2.75) is 26.3 Å². The molecule has 4 heteroatoms. The van der Waals surface area contributed by atoms with E-state index in [1.54, 1.807) is 0 Å². The number of anilines is 1. The summed E-state index contributed by atoms with van der Waals surface area (Å²) in [5, 5.41) is 2.79. The Kier molecular flexibility index (Phi) is 4.58. The maximum atomic E-state index is 13.1. The average molecular weight is 286 g/mol. The summed E-state index contributed by atoms with van der Waals surface area (Å²) >= 11 is 0. The van der Waals surface area contributed by atoms with Gasteiger partial charge in [-0.1, -0.05) is 38.1 Å². The highest BCUT2D eigenvalue weighted by Gasteiger charge is 2.08. The number of halogens is 1. The molecule has 0 radical (unpaired) electrons. The van der Waals surface area contributed by atoms with Gasteiger partial charge in [-0.05, 0) is 35.2 Å². The summed E-state index contributed by atoms with van der Waals surface area (Å²) in [6, 6.07) is 12.1. The van der Waals surface area contributed by atoms with Gasteiger partial charge in [0.1, 0.15) is 5.82 Å². The standard InChI is InChI=1S/C17H19FN2O/c1-11(2)13-5-3-12(4-6-13)10-20-17(21)14-7-8-15(18)16(19)9-14/h3-9,11H,10,19H2,1-2H3,(H,20,21). The first-order valence-corrected chi connectivity index (χ1v) is 6.89. The molecule has 0 fully saturated rings. The Balaban J connectivity index is 1.98. The van der Waals surface area contributed by atoms with Crippen molar-refractivity contribution in [2.75, 3.05) is 5.73 Å². The van der Waals surface area contributed by atoms with Crippen LogP contribution in [-0.2, 0) is 6.54 Å². The average Bonchev–Trinajstić information content (AvgIpc) is 2.48. The third kappa shape index (κ3) is 3.81. The number of nitrogen functional groups attached to an aromatic ring is 1. The van der Waals surface area contributed by atoms with Gasteiger partial charge in [0.2, 0.25) is 0 Å². The van der Waals surface area contributed by atoms with E-state index in [4.69, 9.17) is 5.73 Å². The molecule has 0 heterocycles. The van der Waals surface area contributed by atoms with Gasteiger partial charge >= 0.3 is 0 Å². The lowest BCUT2D eigenvalue weighted by Gasteiger charge is -2.09. The molecule has 0 unspecified atom stereocenters. The maximum absolute atomic E-state index is 13.1. The first-order valence-electron chi connectivity index (χ1n) is 6.89. The summed E-state index contributed by atoms with van der Waals surface area (Å²) in [6.45, 7) is 4.69. The highest BCUT2D eigenvalue weighted by molar-refractivity contribution is 5.94. The summed E-state index contributed by atoms with van der Waals surface area (Å²) in [5.74, 6) is -0.304. The molecule has 0 bridgehead atoms. The van der Waals surface area contributed by atoms with Crippen LogP contribution >= 0.6 is 0 Å². The summed E-state index contributed by atoms with van der Waals surface area (Å²) in [5.41, 5.74) is 8.06. The molecule has 21 heavy (non-hydrogen) atoms. The minimum atomic E-state index is -0.518. The molecule has 0 spiro atoms. The lowest BCUT2D eigenvalue weighted by atomic mass is 10.0. The van der Waals surface area contributed by atoms with Gasteiger partial charge in [0, 0.05) is 12.1 Å². The molecule has 110 valence electrons. The second kappa shape index (κ2) is 6.39. The van der Waals surface area contributed by atoms with E-state index in [1.807, 2.05) is 12.1 Å². The van der Waals surface area contributed by atoms with Crippen LogP contribution in [0.1, 0.15) is 41.3 Å². The zero-order chi connectivity index (χ0) is 15.4. The smallest absolute Gasteiger partial charge is 0.251 e. The molecule has 3 nitrogen and oxygen atoms in total. The Bertz CT molecular complexity index is 636. The van der Waals surface area contributed by atoms with E-state index >= 15 is 0 Å². The molecular weight excluding hydrogens is 267 g/mol. The van der Waals surface area contributed by atoms with E-state index in [2.05, 4.69) is 31.3 Å². The molecule has 3 N–H and O–H groups in total. The van der Waals surface area contributed by atoms with Crippen molar-refractivity contribution < 1.29 is 9.18 Å². The summed E-state index contributed by atoms with van der Waals surface area (Å²) in [4.78, 5) is 12.0. The number of carbonyl (C=O) groups excluding carboxylic acids is 1. The lowest BCUT2D eigenvalue weighted by molar-refractivity contribution is 0.0951. The molecule has 0 saturated heterocycles. The molecule has 0 saturated carbocycles. The first kappa shape index (κ1) is 15.0. The van der Waals surface area contributed by atoms with Gasteiger partial charge in [0.25, 0.3) is 5.91 Å². The number of carbonyl (C=O) groups is 1. The summed E-state index contributed by atoms with van der Waals surface area (Å²) < 4.78 is 13.1. The number of nitrogens with one attached hydrogen (secondary N) is 1. The van der Waals surface area contributed by atoms with E-state index in [0.717, 1.165) is 5.56 Å². The summed E-state index contributed by atoms with van der Waals surface area (Å²) in [6.07, 6.45) is 0. The number of hydrogen-bond donors (Lipinski definition) is 2. The number of benzene rings is 2. The third-order valence-corrected chi connectivity index (χ3v) is 3.36. The van der Waals surface area contributed by atoms with Crippen molar-refractivity contribution >= 4 is 11.6 Å². The Hall–Kier alpha value is -2.36. The predicted molar refractivity (Wildman–Crippen MR) is 82.5 cm³/mol. The fraction of sp³-hybridized carbons (Fsp3) is 0.235. The van der Waals surface area contributed by atoms with E-state index in [-0.39, 0.29) is 11.6 Å². The van der Waals surface area contributed by atoms with Crippen LogP contribution in [-0.4, -0.2) is 5.91 Å². The lowest BCUT2D eigenvalue weighted by Crippen LogP contribution is -2.23. The zero-order valence-corrected chi connectivity index (χ0v) is 12.2. The molecule has 0 aliphatic carbocycles. The van der Waals surface area contributed by atoms with E-state index in [0.29, 0.717) is 18.0 Å². The monoisotopic (exact) mass is 286 g/mol. The molecule has 2 aromatic carbocycles. The zero-order valence-electron chi connectivity index (χ0n) is 12.2. The van der Waals surface area contributed by atoms with Crippen molar-refractivity contribution in [2.24, 2.45) is 0 Å². The molecule has 2 rings (SSSR count). The van der Waals surface area contributed by atoms with Gasteiger partial charge in [-0.2, -0.15) is 0 Å². The van der Waals surface area contributed by atoms with Crippen LogP contribution in [0.5, 0.6) is 0 Å². The fourth-order valence-corrected chi connectivity index (χ4v) is 1.99. The Morgan fingerprint density at radius 1 is 1.19 bits per heavy atom. The molecule has 1 amide bonds. The van der Waals surface area contributed by atoms with Crippen molar-refractivity contribution in [3.8, 4) is 0 Å². The van der Waals surface area contributed by atoms with Crippen LogP contribution in [0.4, 0.5) is 10.1 Å². The van der Waals surface area contributed by atoms with E-state index in [1.165, 1.54) is 23.8 Å². The van der Waals surface area contributed by atoms with Crippen molar-refractivity contribution in [3.63, 3.8) is 0 Å². The van der Waals surface area contributed by atoms with E-state index < -0.39 is 5.82 Å². The summed E-state index contributed by atoms with van der Waals surface area (Å²) in [7, 11) is 0. The van der Waals surface area contributed by atoms with Crippen LogP contribution in [0.15, 0.2) is 42.5 Å². The Morgan fingerprint density at radius 3 is 2.43 bits per heavy atom. The fourth-order valence-electron chi connectivity index (χ4n) is 1.99. The number of hydrogen-bond acceptors (Lipinski definition) is 2. The van der Waals surface area contributed by atoms with E-state index in [9.17, 15) is 9.18 Å². The number of amides is 1. The van der Waals surface area contributed by atoms with Crippen LogP contribution in [0.3, 0.4) is 0 Å². The Labute approximate surface area is 124 Å². The molecule has 0 aliphatic rings. The van der Waals surface area contributed by atoms with Gasteiger partial charge < -0.3 is 11.1 Å². The Morgan fingerprint density at radius 2 is 1.86 bits per heavy atom. The molecule has 0 aromatic heterocycles. The van der Waals surface area contributed by atoms with Crippen molar-refractivity contribution in [1.29, 1.82) is 0 Å². The highest BCUT2D eigenvalue weighted by atomic mass is 19.1. The van der Waals surface area contributed by atoms with Gasteiger partial charge in [0.05, 0.1) is 5.69 Å².